The van der Waals surface area contributed by atoms with E-state index in [1.807, 2.05) is 6.92 Å². The number of nitrogens with one attached hydrogen (secondary N) is 2. The number of aryl methyl sites for hydroxylation is 1. The van der Waals surface area contributed by atoms with Crippen LogP contribution < -0.4 is 16.6 Å². The quantitative estimate of drug-likeness (QED) is 0.571. The summed E-state index contributed by atoms with van der Waals surface area (Å²) < 4.78 is 5.77. The van der Waals surface area contributed by atoms with Gasteiger partial charge < -0.3 is 15.5 Å². The van der Waals surface area contributed by atoms with Crippen LogP contribution in [0.25, 0.3) is 0 Å². The highest BCUT2D eigenvalue weighted by molar-refractivity contribution is 5.57. The Morgan fingerprint density at radius 2 is 2.05 bits per heavy atom. The largest absolute Gasteiger partial charge is 0.375 e. The first kappa shape index (κ1) is 16.0. The summed E-state index contributed by atoms with van der Waals surface area (Å²) in [6, 6.07) is 0.363. The zero-order valence-corrected chi connectivity index (χ0v) is 13.5. The van der Waals surface area contributed by atoms with Crippen molar-refractivity contribution in [1.82, 2.24) is 9.97 Å². The molecule has 0 spiro atoms. The van der Waals surface area contributed by atoms with E-state index >= 15 is 0 Å². The number of nitrogens with zero attached hydrogens (tertiary/aromatic N) is 2. The Morgan fingerprint density at radius 3 is 2.67 bits per heavy atom. The molecular weight excluding hydrogens is 266 g/mol. The van der Waals surface area contributed by atoms with Gasteiger partial charge >= 0.3 is 0 Å². The number of hydrogen-bond acceptors (Lipinski definition) is 6. The Bertz CT molecular complexity index is 489. The highest BCUT2D eigenvalue weighted by Gasteiger charge is 2.29. The molecule has 0 radical (unpaired) electrons. The third kappa shape index (κ3) is 4.04. The smallest absolute Gasteiger partial charge is 0.148 e. The second kappa shape index (κ2) is 6.58. The Morgan fingerprint density at radius 1 is 1.33 bits per heavy atom. The van der Waals surface area contributed by atoms with Crippen LogP contribution in [0.5, 0.6) is 0 Å². The van der Waals surface area contributed by atoms with Gasteiger partial charge in [-0.05, 0) is 40.0 Å². The molecule has 0 aliphatic carbocycles. The lowest BCUT2D eigenvalue weighted by Gasteiger charge is -2.36. The lowest BCUT2D eigenvalue weighted by atomic mass is 9.94. The van der Waals surface area contributed by atoms with Crippen molar-refractivity contribution in [2.75, 3.05) is 17.3 Å². The van der Waals surface area contributed by atoms with Crippen molar-refractivity contribution in [3.63, 3.8) is 0 Å². The van der Waals surface area contributed by atoms with Gasteiger partial charge in [0.15, 0.2) is 0 Å². The molecule has 1 fully saturated rings. The van der Waals surface area contributed by atoms with Gasteiger partial charge in [-0.3, -0.25) is 0 Å². The molecule has 1 aliphatic rings. The topological polar surface area (TPSA) is 85.1 Å². The van der Waals surface area contributed by atoms with Crippen molar-refractivity contribution in [1.29, 1.82) is 0 Å². The van der Waals surface area contributed by atoms with Crippen molar-refractivity contribution < 1.29 is 4.74 Å². The van der Waals surface area contributed by atoms with Crippen molar-refractivity contribution in [2.45, 2.75) is 65.0 Å². The summed E-state index contributed by atoms with van der Waals surface area (Å²) in [6.45, 7) is 9.13. The van der Waals surface area contributed by atoms with Gasteiger partial charge in [0.2, 0.25) is 0 Å². The molecule has 2 rings (SSSR count). The van der Waals surface area contributed by atoms with Crippen molar-refractivity contribution in [2.24, 2.45) is 5.84 Å². The van der Waals surface area contributed by atoms with Gasteiger partial charge in [0, 0.05) is 24.6 Å². The van der Waals surface area contributed by atoms with Gasteiger partial charge in [0.1, 0.15) is 17.5 Å². The summed E-state index contributed by atoms with van der Waals surface area (Å²) in [7, 11) is 0. The SMILES string of the molecule is CCCc1nc(NN)c(C)c(NC2CCOC(C)(C)C2)n1. The van der Waals surface area contributed by atoms with Crippen LogP contribution in [0.3, 0.4) is 0 Å². The zero-order chi connectivity index (χ0) is 15.5. The summed E-state index contributed by atoms with van der Waals surface area (Å²) in [6.07, 6.45) is 3.81. The fourth-order valence-corrected chi connectivity index (χ4v) is 2.73. The van der Waals surface area contributed by atoms with Crippen LogP contribution in [0.1, 0.15) is 51.4 Å². The number of nitrogens with two attached hydrogens (primary N) is 1. The van der Waals surface area contributed by atoms with E-state index in [0.717, 1.165) is 49.5 Å². The third-order valence-corrected chi connectivity index (χ3v) is 3.84. The standard InChI is InChI=1S/C15H27N5O/c1-5-6-12-18-13(10(2)14(19-12)20-16)17-11-7-8-21-15(3,4)9-11/h11H,5-9,16H2,1-4H3,(H2,17,18,19,20). The molecule has 1 aromatic heterocycles. The number of hydrazine groups is 1. The normalized spacial score (nSPS) is 21.1. The second-order valence-electron chi connectivity index (χ2n) is 6.30. The molecule has 21 heavy (non-hydrogen) atoms. The maximum absolute atomic E-state index is 5.77. The molecule has 1 aliphatic heterocycles. The van der Waals surface area contributed by atoms with Crippen molar-refractivity contribution in [3.05, 3.63) is 11.4 Å². The van der Waals surface area contributed by atoms with Gasteiger partial charge in [-0.25, -0.2) is 15.8 Å². The third-order valence-electron chi connectivity index (χ3n) is 3.84. The van der Waals surface area contributed by atoms with Gasteiger partial charge in [-0.2, -0.15) is 0 Å². The minimum absolute atomic E-state index is 0.0853. The maximum Gasteiger partial charge on any atom is 0.148 e. The highest BCUT2D eigenvalue weighted by atomic mass is 16.5. The van der Waals surface area contributed by atoms with Crippen LogP contribution in [-0.2, 0) is 11.2 Å². The zero-order valence-electron chi connectivity index (χ0n) is 13.5. The fourth-order valence-electron chi connectivity index (χ4n) is 2.73. The predicted molar refractivity (Wildman–Crippen MR) is 85.2 cm³/mol. The molecule has 1 aromatic rings. The molecule has 0 amide bonds. The average Bonchev–Trinajstić information content (AvgIpc) is 2.41. The van der Waals surface area contributed by atoms with Crippen LogP contribution in [-0.4, -0.2) is 28.2 Å². The molecular formula is C15H27N5O. The Labute approximate surface area is 126 Å². The molecule has 118 valence electrons. The molecule has 6 heteroatoms. The van der Waals surface area contributed by atoms with Gasteiger partial charge in [-0.15, -0.1) is 0 Å². The molecule has 6 nitrogen and oxygen atoms in total. The van der Waals surface area contributed by atoms with E-state index in [2.05, 4.69) is 41.5 Å². The molecule has 0 aromatic carbocycles. The molecule has 0 bridgehead atoms. The van der Waals surface area contributed by atoms with E-state index in [-0.39, 0.29) is 5.60 Å². The summed E-state index contributed by atoms with van der Waals surface area (Å²) >= 11 is 0. The summed E-state index contributed by atoms with van der Waals surface area (Å²) in [5.41, 5.74) is 3.55. The number of hydrogen-bond donors (Lipinski definition) is 3. The molecule has 1 saturated heterocycles. The van der Waals surface area contributed by atoms with Crippen LogP contribution in [0.2, 0.25) is 0 Å². The van der Waals surface area contributed by atoms with Crippen LogP contribution in [0.15, 0.2) is 0 Å². The van der Waals surface area contributed by atoms with E-state index in [9.17, 15) is 0 Å². The lowest BCUT2D eigenvalue weighted by molar-refractivity contribution is -0.0553. The summed E-state index contributed by atoms with van der Waals surface area (Å²) in [4.78, 5) is 9.10. The Balaban J connectivity index is 2.20. The van der Waals surface area contributed by atoms with Gasteiger partial charge in [0.25, 0.3) is 0 Å². The number of anilines is 2. The molecule has 4 N–H and O–H groups in total. The van der Waals surface area contributed by atoms with Crippen molar-refractivity contribution in [3.8, 4) is 0 Å². The van der Waals surface area contributed by atoms with E-state index < -0.39 is 0 Å². The first-order valence-corrected chi connectivity index (χ1v) is 7.70. The first-order chi connectivity index (χ1) is 9.95. The predicted octanol–water partition coefficient (Wildman–Crippen LogP) is 2.39. The molecule has 1 atom stereocenters. The molecule has 1 unspecified atom stereocenters. The maximum atomic E-state index is 5.77. The number of aromatic nitrogens is 2. The number of ether oxygens (including phenoxy) is 1. The van der Waals surface area contributed by atoms with Crippen LogP contribution >= 0.6 is 0 Å². The minimum Gasteiger partial charge on any atom is -0.375 e. The summed E-state index contributed by atoms with van der Waals surface area (Å²) in [5, 5.41) is 3.55. The molecule has 2 heterocycles. The van der Waals surface area contributed by atoms with E-state index in [4.69, 9.17) is 10.6 Å². The average molecular weight is 293 g/mol. The summed E-state index contributed by atoms with van der Waals surface area (Å²) in [5.74, 6) is 7.97. The Kier molecular flexibility index (Phi) is 5.00. The van der Waals surface area contributed by atoms with Crippen LogP contribution in [0.4, 0.5) is 11.6 Å². The van der Waals surface area contributed by atoms with Gasteiger partial charge in [0.05, 0.1) is 5.60 Å². The highest BCUT2D eigenvalue weighted by Crippen LogP contribution is 2.28. The molecule has 0 saturated carbocycles. The van der Waals surface area contributed by atoms with Crippen molar-refractivity contribution >= 4 is 11.6 Å². The van der Waals surface area contributed by atoms with E-state index in [1.165, 1.54) is 0 Å². The monoisotopic (exact) mass is 293 g/mol. The first-order valence-electron chi connectivity index (χ1n) is 7.70. The number of rotatable bonds is 5. The fraction of sp³-hybridized carbons (Fsp3) is 0.733. The number of nitrogen functional groups attached to an aromatic ring is 1. The lowest BCUT2D eigenvalue weighted by Crippen LogP contribution is -2.40. The Hall–Kier alpha value is -1.40. The minimum atomic E-state index is -0.0853. The van der Waals surface area contributed by atoms with Crippen LogP contribution in [0, 0.1) is 6.92 Å². The van der Waals surface area contributed by atoms with E-state index in [1.54, 1.807) is 0 Å². The van der Waals surface area contributed by atoms with Gasteiger partial charge in [-0.1, -0.05) is 6.92 Å². The van der Waals surface area contributed by atoms with E-state index in [0.29, 0.717) is 11.9 Å². The second-order valence-corrected chi connectivity index (χ2v) is 6.30.